The first kappa shape index (κ1) is 20.0. The number of carbonyl (C=O) groups excluding carboxylic acids is 1. The van der Waals surface area contributed by atoms with Crippen LogP contribution in [0.3, 0.4) is 0 Å². The average Bonchev–Trinajstić information content (AvgIpc) is 3.15. The SMILES string of the molecule is CCn1nc(C)cc1C(=O)N1CCO[C@@H](CN2CCOCC2)[C@@H]1c1cccnc1. The van der Waals surface area contributed by atoms with Gasteiger partial charge in [0.1, 0.15) is 5.69 Å². The molecule has 29 heavy (non-hydrogen) atoms. The third-order valence-corrected chi connectivity index (χ3v) is 5.60. The summed E-state index contributed by atoms with van der Waals surface area (Å²) < 4.78 is 13.5. The molecule has 0 spiro atoms. The highest BCUT2D eigenvalue weighted by Crippen LogP contribution is 2.31. The van der Waals surface area contributed by atoms with E-state index in [4.69, 9.17) is 9.47 Å². The van der Waals surface area contributed by atoms with Gasteiger partial charge >= 0.3 is 0 Å². The van der Waals surface area contributed by atoms with Crippen LogP contribution in [0.4, 0.5) is 0 Å². The molecule has 0 unspecified atom stereocenters. The van der Waals surface area contributed by atoms with E-state index in [0.717, 1.165) is 44.1 Å². The number of hydrogen-bond donors (Lipinski definition) is 0. The van der Waals surface area contributed by atoms with E-state index in [0.29, 0.717) is 25.4 Å². The standard InChI is InChI=1S/C21H29N5O3/c1-3-26-18(13-16(2)23-26)21(27)25-9-12-29-19(15-24-7-10-28-11-8-24)20(25)17-5-4-6-22-14-17/h4-6,13-14,19-20H,3,7-12,15H2,1-2H3/t19-,20-/m0/s1. The molecule has 4 heterocycles. The number of rotatable bonds is 5. The third kappa shape index (κ3) is 4.34. The first-order chi connectivity index (χ1) is 14.2. The maximum absolute atomic E-state index is 13.6. The molecule has 2 aromatic heterocycles. The fraction of sp³-hybridized carbons (Fsp3) is 0.571. The fourth-order valence-electron chi connectivity index (χ4n) is 4.20. The van der Waals surface area contributed by atoms with Crippen molar-refractivity contribution in [3.8, 4) is 0 Å². The zero-order valence-electron chi connectivity index (χ0n) is 17.2. The van der Waals surface area contributed by atoms with Crippen LogP contribution in [-0.4, -0.2) is 82.6 Å². The summed E-state index contributed by atoms with van der Waals surface area (Å²) in [5.41, 5.74) is 2.48. The van der Waals surface area contributed by atoms with Gasteiger partial charge in [-0.15, -0.1) is 0 Å². The fourth-order valence-corrected chi connectivity index (χ4v) is 4.20. The molecule has 8 nitrogen and oxygen atoms in total. The molecule has 2 aliphatic heterocycles. The lowest BCUT2D eigenvalue weighted by Gasteiger charge is -2.43. The molecule has 2 atom stereocenters. The van der Waals surface area contributed by atoms with Gasteiger partial charge in [-0.3, -0.25) is 19.4 Å². The van der Waals surface area contributed by atoms with E-state index in [-0.39, 0.29) is 18.1 Å². The van der Waals surface area contributed by atoms with Gasteiger partial charge in [-0.2, -0.15) is 5.10 Å². The van der Waals surface area contributed by atoms with E-state index in [1.54, 1.807) is 10.9 Å². The molecule has 156 valence electrons. The van der Waals surface area contributed by atoms with E-state index < -0.39 is 0 Å². The van der Waals surface area contributed by atoms with Gasteiger partial charge in [-0.05, 0) is 31.5 Å². The van der Waals surface area contributed by atoms with E-state index >= 15 is 0 Å². The summed E-state index contributed by atoms with van der Waals surface area (Å²) in [6.45, 7) is 9.66. The monoisotopic (exact) mass is 399 g/mol. The van der Waals surface area contributed by atoms with Gasteiger partial charge in [0.2, 0.25) is 0 Å². The topological polar surface area (TPSA) is 72.7 Å². The summed E-state index contributed by atoms with van der Waals surface area (Å²) in [4.78, 5) is 22.2. The Balaban J connectivity index is 1.64. The summed E-state index contributed by atoms with van der Waals surface area (Å²) >= 11 is 0. The molecule has 0 saturated carbocycles. The summed E-state index contributed by atoms with van der Waals surface area (Å²) in [5, 5.41) is 4.46. The number of hydrogen-bond acceptors (Lipinski definition) is 6. The number of carbonyl (C=O) groups is 1. The van der Waals surface area contributed by atoms with Crippen LogP contribution >= 0.6 is 0 Å². The van der Waals surface area contributed by atoms with Crippen molar-refractivity contribution >= 4 is 5.91 Å². The highest BCUT2D eigenvalue weighted by Gasteiger charge is 2.38. The maximum Gasteiger partial charge on any atom is 0.272 e. The molecule has 2 fully saturated rings. The zero-order valence-corrected chi connectivity index (χ0v) is 17.2. The number of aryl methyl sites for hydroxylation is 2. The Morgan fingerprint density at radius 1 is 1.24 bits per heavy atom. The normalized spacial score (nSPS) is 23.3. The Morgan fingerprint density at radius 3 is 2.79 bits per heavy atom. The molecule has 2 aromatic rings. The molecule has 8 heteroatoms. The summed E-state index contributed by atoms with van der Waals surface area (Å²) in [6, 6.07) is 5.63. The Kier molecular flexibility index (Phi) is 6.22. The molecular weight excluding hydrogens is 370 g/mol. The maximum atomic E-state index is 13.6. The van der Waals surface area contributed by atoms with Crippen LogP contribution < -0.4 is 0 Å². The minimum absolute atomic E-state index is 0.00317. The molecule has 0 aromatic carbocycles. The molecule has 1 amide bonds. The van der Waals surface area contributed by atoms with Crippen LogP contribution in [-0.2, 0) is 16.0 Å². The van der Waals surface area contributed by atoms with Crippen molar-refractivity contribution in [3.05, 3.63) is 47.5 Å². The van der Waals surface area contributed by atoms with Crippen molar-refractivity contribution < 1.29 is 14.3 Å². The van der Waals surface area contributed by atoms with Crippen molar-refractivity contribution in [2.75, 3.05) is 46.0 Å². The van der Waals surface area contributed by atoms with E-state index in [1.165, 1.54) is 0 Å². The highest BCUT2D eigenvalue weighted by atomic mass is 16.5. The van der Waals surface area contributed by atoms with Crippen molar-refractivity contribution in [2.45, 2.75) is 32.5 Å². The molecule has 2 saturated heterocycles. The average molecular weight is 399 g/mol. The second-order valence-corrected chi connectivity index (χ2v) is 7.54. The van der Waals surface area contributed by atoms with Crippen LogP contribution in [0.25, 0.3) is 0 Å². The molecule has 2 aliphatic rings. The lowest BCUT2D eigenvalue weighted by molar-refractivity contribution is -0.0821. The predicted octanol–water partition coefficient (Wildman–Crippen LogP) is 1.52. The number of pyridine rings is 1. The first-order valence-electron chi connectivity index (χ1n) is 10.3. The van der Waals surface area contributed by atoms with Crippen molar-refractivity contribution in [2.24, 2.45) is 0 Å². The van der Waals surface area contributed by atoms with Gasteiger partial charge in [-0.25, -0.2) is 0 Å². The van der Waals surface area contributed by atoms with Gasteiger partial charge < -0.3 is 14.4 Å². The number of amides is 1. The first-order valence-corrected chi connectivity index (χ1v) is 10.3. The Bertz CT molecular complexity index is 819. The summed E-state index contributed by atoms with van der Waals surface area (Å²) in [5.74, 6) is -0.00317. The Hall–Kier alpha value is -2.29. The van der Waals surface area contributed by atoms with Gasteiger partial charge in [0.25, 0.3) is 5.91 Å². The number of morpholine rings is 2. The summed E-state index contributed by atoms with van der Waals surface area (Å²) in [6.07, 6.45) is 3.48. The number of ether oxygens (including phenoxy) is 2. The van der Waals surface area contributed by atoms with Crippen molar-refractivity contribution in [1.82, 2.24) is 24.6 Å². The smallest absolute Gasteiger partial charge is 0.272 e. The molecule has 0 aliphatic carbocycles. The minimum Gasteiger partial charge on any atom is -0.379 e. The van der Waals surface area contributed by atoms with Crippen LogP contribution in [0.15, 0.2) is 30.6 Å². The highest BCUT2D eigenvalue weighted by molar-refractivity contribution is 5.93. The van der Waals surface area contributed by atoms with Crippen molar-refractivity contribution in [1.29, 1.82) is 0 Å². The number of aromatic nitrogens is 3. The lowest BCUT2D eigenvalue weighted by atomic mass is 9.98. The van der Waals surface area contributed by atoms with E-state index in [1.807, 2.05) is 43.1 Å². The van der Waals surface area contributed by atoms with E-state index in [9.17, 15) is 4.79 Å². The Morgan fingerprint density at radius 2 is 2.07 bits per heavy atom. The predicted molar refractivity (Wildman–Crippen MR) is 108 cm³/mol. The van der Waals surface area contributed by atoms with Crippen LogP contribution in [0, 0.1) is 6.92 Å². The largest absolute Gasteiger partial charge is 0.379 e. The van der Waals surface area contributed by atoms with Crippen LogP contribution in [0.1, 0.15) is 34.7 Å². The molecule has 0 N–H and O–H groups in total. The second kappa shape index (κ2) is 9.02. The van der Waals surface area contributed by atoms with Crippen LogP contribution in [0.5, 0.6) is 0 Å². The van der Waals surface area contributed by atoms with Gasteiger partial charge in [0.15, 0.2) is 0 Å². The molecule has 0 bridgehead atoms. The number of nitrogens with zero attached hydrogens (tertiary/aromatic N) is 5. The molecule has 0 radical (unpaired) electrons. The van der Waals surface area contributed by atoms with Gasteiger partial charge in [0.05, 0.1) is 37.7 Å². The van der Waals surface area contributed by atoms with E-state index in [2.05, 4.69) is 15.0 Å². The van der Waals surface area contributed by atoms with Crippen molar-refractivity contribution in [3.63, 3.8) is 0 Å². The van der Waals surface area contributed by atoms with Gasteiger partial charge in [-0.1, -0.05) is 6.07 Å². The lowest BCUT2D eigenvalue weighted by Crippen LogP contribution is -2.53. The quantitative estimate of drug-likeness (QED) is 0.759. The summed E-state index contributed by atoms with van der Waals surface area (Å²) in [7, 11) is 0. The molecule has 4 rings (SSSR count). The minimum atomic E-state index is -0.187. The molecular formula is C21H29N5O3. The third-order valence-electron chi connectivity index (χ3n) is 5.60. The van der Waals surface area contributed by atoms with Crippen LogP contribution in [0.2, 0.25) is 0 Å². The zero-order chi connectivity index (χ0) is 20.2. The second-order valence-electron chi connectivity index (χ2n) is 7.54. The Labute approximate surface area is 171 Å². The van der Waals surface area contributed by atoms with Gasteiger partial charge in [0, 0.05) is 45.1 Å².